The molecule has 3 nitrogen and oxygen atoms in total. The Hall–Kier alpha value is -3.02. The molecule has 0 atom stereocenters. The maximum absolute atomic E-state index is 12.7. The standard InChI is InChI=1S/C16H18F3N.C10H11NO/c1-11(2)4-3-5-14-9-7-12-6-8-13(16(17,18)19)10-15(12)20-14;1-7-4-3-5-9-8(7)6-10(11-9)12-2/h6-11H,3-5H2,1-2H3;3-6,11H,1-2H3. The summed E-state index contributed by atoms with van der Waals surface area (Å²) in [5.41, 5.74) is 3.04. The molecule has 4 aromatic rings. The number of ether oxygens (including phenoxy) is 1. The Morgan fingerprint density at radius 2 is 1.78 bits per heavy atom. The molecule has 1 N–H and O–H groups in total. The molecule has 2 aromatic heterocycles. The summed E-state index contributed by atoms with van der Waals surface area (Å²) < 4.78 is 43.1. The van der Waals surface area contributed by atoms with Gasteiger partial charge >= 0.3 is 6.18 Å². The molecule has 0 amide bonds. The minimum absolute atomic E-state index is 0.418. The number of nitrogens with zero attached hydrogens (tertiary/aromatic N) is 1. The van der Waals surface area contributed by atoms with Gasteiger partial charge in [-0.05, 0) is 55.5 Å². The number of H-pyrrole nitrogens is 1. The van der Waals surface area contributed by atoms with Crippen molar-refractivity contribution < 1.29 is 17.9 Å². The molecule has 170 valence electrons. The molecular formula is C26H29F3N2O. The van der Waals surface area contributed by atoms with Gasteiger partial charge in [0.1, 0.15) is 0 Å². The molecule has 2 heterocycles. The predicted octanol–water partition coefficient (Wildman–Crippen LogP) is 7.72. The molecule has 0 aliphatic heterocycles. The molecule has 0 radical (unpaired) electrons. The highest BCUT2D eigenvalue weighted by Crippen LogP contribution is 2.31. The number of aryl methyl sites for hydroxylation is 2. The van der Waals surface area contributed by atoms with Crippen molar-refractivity contribution >= 4 is 21.8 Å². The van der Waals surface area contributed by atoms with Crippen molar-refractivity contribution in [3.63, 3.8) is 0 Å². The number of hydrogen-bond donors (Lipinski definition) is 1. The third kappa shape index (κ3) is 6.02. The number of aromatic nitrogens is 2. The Morgan fingerprint density at radius 1 is 1.03 bits per heavy atom. The fourth-order valence-electron chi connectivity index (χ4n) is 3.56. The molecule has 0 unspecified atom stereocenters. The number of alkyl halides is 3. The molecular weight excluding hydrogens is 413 g/mol. The van der Waals surface area contributed by atoms with E-state index < -0.39 is 11.7 Å². The van der Waals surface area contributed by atoms with Crippen molar-refractivity contribution in [1.29, 1.82) is 0 Å². The van der Waals surface area contributed by atoms with Crippen molar-refractivity contribution in [2.24, 2.45) is 5.92 Å². The predicted molar refractivity (Wildman–Crippen MR) is 124 cm³/mol. The van der Waals surface area contributed by atoms with Gasteiger partial charge in [-0.15, -0.1) is 0 Å². The first-order valence-corrected chi connectivity index (χ1v) is 10.8. The number of hydrogen-bond acceptors (Lipinski definition) is 2. The zero-order valence-corrected chi connectivity index (χ0v) is 18.9. The van der Waals surface area contributed by atoms with E-state index >= 15 is 0 Å². The van der Waals surface area contributed by atoms with Gasteiger partial charge < -0.3 is 9.72 Å². The van der Waals surface area contributed by atoms with Crippen LogP contribution in [0.25, 0.3) is 21.8 Å². The molecule has 4 rings (SSSR count). The Balaban J connectivity index is 0.000000204. The minimum Gasteiger partial charge on any atom is -0.482 e. The summed E-state index contributed by atoms with van der Waals surface area (Å²) in [6, 6.07) is 15.6. The summed E-state index contributed by atoms with van der Waals surface area (Å²) in [7, 11) is 1.67. The zero-order chi connectivity index (χ0) is 23.3. The second-order valence-corrected chi connectivity index (χ2v) is 8.37. The monoisotopic (exact) mass is 442 g/mol. The van der Waals surface area contributed by atoms with E-state index in [-0.39, 0.29) is 0 Å². The van der Waals surface area contributed by atoms with Gasteiger partial charge in [0.15, 0.2) is 5.88 Å². The lowest BCUT2D eigenvalue weighted by molar-refractivity contribution is -0.137. The number of fused-ring (bicyclic) bond motifs is 2. The van der Waals surface area contributed by atoms with E-state index in [4.69, 9.17) is 4.74 Å². The SMILES string of the molecule is CC(C)CCCc1ccc2ccc(C(F)(F)F)cc2n1.COc1cc2c(C)cccc2[nH]1. The topological polar surface area (TPSA) is 37.9 Å². The maximum atomic E-state index is 12.7. The quantitative estimate of drug-likeness (QED) is 0.344. The second kappa shape index (κ2) is 10.1. The van der Waals surface area contributed by atoms with Crippen molar-refractivity contribution in [1.82, 2.24) is 9.97 Å². The molecule has 32 heavy (non-hydrogen) atoms. The molecule has 0 aliphatic rings. The highest BCUT2D eigenvalue weighted by Gasteiger charge is 2.30. The fraction of sp³-hybridized carbons (Fsp3) is 0.346. The number of benzene rings is 2. The fourth-order valence-corrected chi connectivity index (χ4v) is 3.56. The molecule has 0 aliphatic carbocycles. The van der Waals surface area contributed by atoms with E-state index in [1.54, 1.807) is 7.11 Å². The van der Waals surface area contributed by atoms with Gasteiger partial charge in [-0.1, -0.05) is 44.5 Å². The van der Waals surface area contributed by atoms with Crippen LogP contribution in [0.4, 0.5) is 13.2 Å². The van der Waals surface area contributed by atoms with E-state index in [2.05, 4.69) is 36.8 Å². The number of aromatic amines is 1. The number of pyridine rings is 1. The Kier molecular flexibility index (Phi) is 7.44. The van der Waals surface area contributed by atoms with Crippen LogP contribution in [-0.2, 0) is 12.6 Å². The van der Waals surface area contributed by atoms with Gasteiger partial charge in [0.25, 0.3) is 0 Å². The van der Waals surface area contributed by atoms with Crippen LogP contribution in [0.5, 0.6) is 5.88 Å². The highest BCUT2D eigenvalue weighted by atomic mass is 19.4. The third-order valence-electron chi connectivity index (χ3n) is 5.37. The number of halogens is 3. The van der Waals surface area contributed by atoms with Gasteiger partial charge in [-0.2, -0.15) is 13.2 Å². The zero-order valence-electron chi connectivity index (χ0n) is 18.9. The molecule has 0 saturated carbocycles. The van der Waals surface area contributed by atoms with Crippen LogP contribution in [0.1, 0.15) is 43.5 Å². The summed E-state index contributed by atoms with van der Waals surface area (Å²) >= 11 is 0. The van der Waals surface area contributed by atoms with E-state index in [1.807, 2.05) is 30.3 Å². The summed E-state index contributed by atoms with van der Waals surface area (Å²) in [6.45, 7) is 6.41. The van der Waals surface area contributed by atoms with E-state index in [0.717, 1.165) is 53.9 Å². The van der Waals surface area contributed by atoms with Crippen LogP contribution in [0.3, 0.4) is 0 Å². The van der Waals surface area contributed by atoms with E-state index in [1.165, 1.54) is 17.0 Å². The number of nitrogens with one attached hydrogen (secondary N) is 1. The van der Waals surface area contributed by atoms with Gasteiger partial charge in [0.05, 0.1) is 18.2 Å². The number of methoxy groups -OCH3 is 1. The Labute approximate surface area is 186 Å². The largest absolute Gasteiger partial charge is 0.482 e. The van der Waals surface area contributed by atoms with Crippen LogP contribution < -0.4 is 4.74 Å². The first-order chi connectivity index (χ1) is 15.2. The first kappa shape index (κ1) is 23.6. The summed E-state index contributed by atoms with van der Waals surface area (Å²) in [5.74, 6) is 1.45. The molecule has 0 bridgehead atoms. The van der Waals surface area contributed by atoms with Gasteiger partial charge in [0, 0.05) is 28.0 Å². The molecule has 0 saturated heterocycles. The van der Waals surface area contributed by atoms with E-state index in [0.29, 0.717) is 11.4 Å². The van der Waals surface area contributed by atoms with Crippen LogP contribution in [0, 0.1) is 12.8 Å². The Bertz CT molecular complexity index is 1180. The van der Waals surface area contributed by atoms with Crippen LogP contribution in [0.2, 0.25) is 0 Å². The Morgan fingerprint density at radius 3 is 2.44 bits per heavy atom. The van der Waals surface area contributed by atoms with Gasteiger partial charge in [0.2, 0.25) is 0 Å². The lowest BCUT2D eigenvalue weighted by Crippen LogP contribution is -2.04. The maximum Gasteiger partial charge on any atom is 0.416 e. The number of rotatable bonds is 5. The lowest BCUT2D eigenvalue weighted by Gasteiger charge is -2.09. The molecule has 0 spiro atoms. The van der Waals surface area contributed by atoms with Crippen LogP contribution >= 0.6 is 0 Å². The second-order valence-electron chi connectivity index (χ2n) is 8.37. The highest BCUT2D eigenvalue weighted by molar-refractivity contribution is 5.84. The molecule has 6 heteroatoms. The smallest absolute Gasteiger partial charge is 0.416 e. The molecule has 0 fully saturated rings. The van der Waals surface area contributed by atoms with Crippen LogP contribution in [-0.4, -0.2) is 17.1 Å². The van der Waals surface area contributed by atoms with Gasteiger partial charge in [-0.25, -0.2) is 0 Å². The normalized spacial score (nSPS) is 11.6. The van der Waals surface area contributed by atoms with Crippen molar-refractivity contribution in [3.8, 4) is 5.88 Å². The van der Waals surface area contributed by atoms with Crippen molar-refractivity contribution in [2.75, 3.05) is 7.11 Å². The van der Waals surface area contributed by atoms with Gasteiger partial charge in [-0.3, -0.25) is 4.98 Å². The molecule has 2 aromatic carbocycles. The van der Waals surface area contributed by atoms with Crippen molar-refractivity contribution in [2.45, 2.75) is 46.2 Å². The van der Waals surface area contributed by atoms with E-state index in [9.17, 15) is 13.2 Å². The summed E-state index contributed by atoms with van der Waals surface area (Å²) in [6.07, 6.45) is -1.40. The third-order valence-corrected chi connectivity index (χ3v) is 5.37. The lowest BCUT2D eigenvalue weighted by atomic mass is 10.0. The average molecular weight is 443 g/mol. The first-order valence-electron chi connectivity index (χ1n) is 10.8. The average Bonchev–Trinajstić information content (AvgIpc) is 3.18. The minimum atomic E-state index is -4.32. The van der Waals surface area contributed by atoms with Crippen LogP contribution in [0.15, 0.2) is 54.6 Å². The summed E-state index contributed by atoms with van der Waals surface area (Å²) in [4.78, 5) is 7.51. The van der Waals surface area contributed by atoms with Crippen molar-refractivity contribution in [3.05, 3.63) is 71.4 Å². The summed E-state index contributed by atoms with van der Waals surface area (Å²) in [5, 5.41) is 1.97.